The number of amides is 1. The molecule has 18 heavy (non-hydrogen) atoms. The van der Waals surface area contributed by atoms with Crippen molar-refractivity contribution in [1.29, 1.82) is 0 Å². The van der Waals surface area contributed by atoms with E-state index in [0.717, 1.165) is 43.4 Å². The number of carbonyl (C=O) groups is 1. The minimum Gasteiger partial charge on any atom is -0.355 e. The van der Waals surface area contributed by atoms with Gasteiger partial charge in [0, 0.05) is 25.8 Å². The summed E-state index contributed by atoms with van der Waals surface area (Å²) in [5.74, 6) is 0.201. The second-order valence-electron chi connectivity index (χ2n) is 5.05. The average molecular weight is 313 g/mol. The van der Waals surface area contributed by atoms with E-state index in [2.05, 4.69) is 31.2 Å². The van der Waals surface area contributed by atoms with Gasteiger partial charge in [-0.25, -0.2) is 0 Å². The zero-order valence-corrected chi connectivity index (χ0v) is 11.8. The van der Waals surface area contributed by atoms with Crippen molar-refractivity contribution in [2.75, 3.05) is 19.6 Å². The van der Waals surface area contributed by atoms with Crippen LogP contribution in [-0.4, -0.2) is 46.3 Å². The smallest absolute Gasteiger partial charge is 0.237 e. The lowest BCUT2D eigenvalue weighted by atomic mass is 10.0. The molecular weight excluding hydrogens is 296 g/mol. The molecule has 98 valence electrons. The fourth-order valence-electron chi connectivity index (χ4n) is 2.70. The van der Waals surface area contributed by atoms with Crippen LogP contribution in [0.5, 0.6) is 0 Å². The van der Waals surface area contributed by atoms with Gasteiger partial charge < -0.3 is 5.32 Å². The summed E-state index contributed by atoms with van der Waals surface area (Å²) in [6.45, 7) is 2.68. The highest BCUT2D eigenvalue weighted by Gasteiger charge is 2.37. The lowest BCUT2D eigenvalue weighted by molar-refractivity contribution is -0.128. The molecule has 2 saturated heterocycles. The molecule has 2 aliphatic heterocycles. The van der Waals surface area contributed by atoms with Crippen LogP contribution in [0.4, 0.5) is 0 Å². The molecule has 1 atom stereocenters. The second kappa shape index (κ2) is 5.01. The Bertz CT molecular complexity index is 441. The predicted octanol–water partition coefficient (Wildman–Crippen LogP) is 1.17. The largest absolute Gasteiger partial charge is 0.355 e. The molecule has 1 aromatic heterocycles. The summed E-state index contributed by atoms with van der Waals surface area (Å²) in [5.41, 5.74) is 0. The van der Waals surface area contributed by atoms with Crippen LogP contribution in [0.15, 0.2) is 16.9 Å². The van der Waals surface area contributed by atoms with Crippen LogP contribution in [0, 0.1) is 0 Å². The van der Waals surface area contributed by atoms with E-state index in [1.54, 1.807) is 6.20 Å². The monoisotopic (exact) mass is 312 g/mol. The number of rotatable bonds is 2. The Labute approximate surface area is 115 Å². The maximum absolute atomic E-state index is 11.9. The first-order valence-corrected chi connectivity index (χ1v) is 7.25. The van der Waals surface area contributed by atoms with Crippen LogP contribution in [0.2, 0.25) is 0 Å². The van der Waals surface area contributed by atoms with Gasteiger partial charge in [0.15, 0.2) is 0 Å². The number of halogens is 1. The zero-order valence-electron chi connectivity index (χ0n) is 10.2. The number of carbonyl (C=O) groups excluding carboxylic acids is 1. The van der Waals surface area contributed by atoms with E-state index >= 15 is 0 Å². The molecule has 2 fully saturated rings. The molecule has 6 heteroatoms. The molecule has 3 heterocycles. The van der Waals surface area contributed by atoms with Gasteiger partial charge in [-0.3, -0.25) is 14.4 Å². The third-order valence-corrected chi connectivity index (χ3v) is 4.19. The van der Waals surface area contributed by atoms with Gasteiger partial charge in [0.05, 0.1) is 22.8 Å². The van der Waals surface area contributed by atoms with E-state index < -0.39 is 0 Å². The Morgan fingerprint density at radius 1 is 1.39 bits per heavy atom. The molecule has 0 aliphatic carbocycles. The van der Waals surface area contributed by atoms with Gasteiger partial charge in [-0.1, -0.05) is 0 Å². The second-order valence-corrected chi connectivity index (χ2v) is 5.96. The molecule has 1 aromatic rings. The minimum absolute atomic E-state index is 0.0720. The van der Waals surface area contributed by atoms with Crippen molar-refractivity contribution in [3.8, 4) is 0 Å². The summed E-state index contributed by atoms with van der Waals surface area (Å²) in [6, 6.07) is 0.482. The summed E-state index contributed by atoms with van der Waals surface area (Å²) < 4.78 is 2.99. The van der Waals surface area contributed by atoms with E-state index in [9.17, 15) is 4.79 Å². The fraction of sp³-hybridized carbons (Fsp3) is 0.667. The molecule has 3 rings (SSSR count). The lowest BCUT2D eigenvalue weighted by Crippen LogP contribution is -2.57. The Morgan fingerprint density at radius 2 is 2.22 bits per heavy atom. The minimum atomic E-state index is 0.0720. The van der Waals surface area contributed by atoms with Crippen molar-refractivity contribution < 1.29 is 4.79 Å². The SMILES string of the molecule is O=C1NCCCCC1N1CC(n2cc(Br)cn2)C1. The zero-order chi connectivity index (χ0) is 12.5. The molecule has 0 radical (unpaired) electrons. The highest BCUT2D eigenvalue weighted by Crippen LogP contribution is 2.26. The van der Waals surface area contributed by atoms with Crippen molar-refractivity contribution in [1.82, 2.24) is 20.0 Å². The normalized spacial score (nSPS) is 26.5. The Hall–Kier alpha value is -0.880. The van der Waals surface area contributed by atoms with Gasteiger partial charge in [0.25, 0.3) is 0 Å². The summed E-state index contributed by atoms with van der Waals surface area (Å²) in [7, 11) is 0. The maximum Gasteiger partial charge on any atom is 0.237 e. The van der Waals surface area contributed by atoms with E-state index in [4.69, 9.17) is 0 Å². The Balaban J connectivity index is 1.59. The number of aromatic nitrogens is 2. The van der Waals surface area contributed by atoms with Crippen LogP contribution in [0.1, 0.15) is 25.3 Å². The molecule has 0 spiro atoms. The average Bonchev–Trinajstić information content (AvgIpc) is 2.59. The Kier molecular flexibility index (Phi) is 3.39. The van der Waals surface area contributed by atoms with E-state index in [-0.39, 0.29) is 11.9 Å². The molecule has 1 unspecified atom stereocenters. The van der Waals surface area contributed by atoms with Gasteiger partial charge in [0.2, 0.25) is 5.91 Å². The predicted molar refractivity (Wildman–Crippen MR) is 71.2 cm³/mol. The first-order chi connectivity index (χ1) is 8.74. The molecule has 5 nitrogen and oxygen atoms in total. The van der Waals surface area contributed by atoms with Gasteiger partial charge >= 0.3 is 0 Å². The van der Waals surface area contributed by atoms with Crippen LogP contribution in [-0.2, 0) is 4.79 Å². The third-order valence-electron chi connectivity index (χ3n) is 3.78. The molecular formula is C12H17BrN4O. The summed E-state index contributed by atoms with van der Waals surface area (Å²) >= 11 is 3.40. The third kappa shape index (κ3) is 2.31. The Morgan fingerprint density at radius 3 is 2.94 bits per heavy atom. The highest BCUT2D eigenvalue weighted by molar-refractivity contribution is 9.10. The summed E-state index contributed by atoms with van der Waals surface area (Å²) in [5, 5.41) is 7.29. The first-order valence-electron chi connectivity index (χ1n) is 6.45. The molecule has 0 saturated carbocycles. The number of nitrogens with zero attached hydrogens (tertiary/aromatic N) is 3. The van der Waals surface area contributed by atoms with E-state index in [1.165, 1.54) is 0 Å². The van der Waals surface area contributed by atoms with Gasteiger partial charge in [-0.2, -0.15) is 5.10 Å². The van der Waals surface area contributed by atoms with Crippen molar-refractivity contribution >= 4 is 21.8 Å². The molecule has 0 aromatic carbocycles. The van der Waals surface area contributed by atoms with Crippen LogP contribution in [0.3, 0.4) is 0 Å². The molecule has 0 bridgehead atoms. The lowest BCUT2D eigenvalue weighted by Gasteiger charge is -2.43. The quantitative estimate of drug-likeness (QED) is 0.892. The number of nitrogens with one attached hydrogen (secondary N) is 1. The first kappa shape index (κ1) is 12.2. The number of likely N-dealkylation sites (tertiary alicyclic amines) is 1. The van der Waals surface area contributed by atoms with Crippen molar-refractivity contribution in [2.24, 2.45) is 0 Å². The molecule has 1 N–H and O–H groups in total. The van der Waals surface area contributed by atoms with Crippen molar-refractivity contribution in [2.45, 2.75) is 31.3 Å². The summed E-state index contributed by atoms with van der Waals surface area (Å²) in [4.78, 5) is 14.2. The number of hydrogen-bond acceptors (Lipinski definition) is 3. The highest BCUT2D eigenvalue weighted by atomic mass is 79.9. The van der Waals surface area contributed by atoms with Gasteiger partial charge in [0.1, 0.15) is 0 Å². The van der Waals surface area contributed by atoms with Crippen LogP contribution < -0.4 is 5.32 Å². The standard InChI is InChI=1S/C12H17BrN4O/c13-9-5-15-17(6-9)10-7-16(8-10)11-3-1-2-4-14-12(11)18/h5-6,10-11H,1-4,7-8H2,(H,14,18). The summed E-state index contributed by atoms with van der Waals surface area (Å²) in [6.07, 6.45) is 7.03. The van der Waals surface area contributed by atoms with Crippen molar-refractivity contribution in [3.05, 3.63) is 16.9 Å². The fourth-order valence-corrected chi connectivity index (χ4v) is 3.00. The van der Waals surface area contributed by atoms with Gasteiger partial charge in [-0.15, -0.1) is 0 Å². The maximum atomic E-state index is 11.9. The van der Waals surface area contributed by atoms with E-state index in [1.807, 2.05) is 10.9 Å². The van der Waals surface area contributed by atoms with Crippen molar-refractivity contribution in [3.63, 3.8) is 0 Å². The van der Waals surface area contributed by atoms with E-state index in [0.29, 0.717) is 6.04 Å². The molecule has 1 amide bonds. The number of hydrogen-bond donors (Lipinski definition) is 1. The van der Waals surface area contributed by atoms with Crippen LogP contribution >= 0.6 is 15.9 Å². The van der Waals surface area contributed by atoms with Crippen LogP contribution in [0.25, 0.3) is 0 Å². The topological polar surface area (TPSA) is 50.2 Å². The van der Waals surface area contributed by atoms with Gasteiger partial charge in [-0.05, 0) is 35.2 Å². The molecule has 2 aliphatic rings.